The lowest BCUT2D eigenvalue weighted by Gasteiger charge is -2.08. The molecular formula is C16H13BrN2O5S. The molecule has 1 aromatic carbocycles. The summed E-state index contributed by atoms with van der Waals surface area (Å²) in [6.07, 6.45) is 1.47. The lowest BCUT2D eigenvalue weighted by atomic mass is 10.3. The van der Waals surface area contributed by atoms with Gasteiger partial charge in [0.2, 0.25) is 10.0 Å². The molecule has 0 aliphatic rings. The van der Waals surface area contributed by atoms with Gasteiger partial charge in [0.05, 0.1) is 17.7 Å². The number of hydrogen-bond acceptors (Lipinski definition) is 5. The Morgan fingerprint density at radius 3 is 2.64 bits per heavy atom. The topological polar surface area (TPSA) is 102 Å². The Balaban J connectivity index is 1.73. The molecule has 0 aliphatic carbocycles. The molecule has 0 spiro atoms. The maximum absolute atomic E-state index is 12.3. The molecule has 0 saturated carbocycles. The Morgan fingerprint density at radius 1 is 1.12 bits per heavy atom. The van der Waals surface area contributed by atoms with Gasteiger partial charge >= 0.3 is 0 Å². The number of sulfonamides is 1. The summed E-state index contributed by atoms with van der Waals surface area (Å²) < 4.78 is 37.8. The molecule has 2 heterocycles. The van der Waals surface area contributed by atoms with Crippen LogP contribution in [-0.4, -0.2) is 14.3 Å². The van der Waals surface area contributed by atoms with Crippen molar-refractivity contribution >= 4 is 37.5 Å². The number of anilines is 1. The fraction of sp³-hybridized carbons (Fsp3) is 0.0625. The first-order valence-corrected chi connectivity index (χ1v) is 9.40. The highest BCUT2D eigenvalue weighted by atomic mass is 79.9. The van der Waals surface area contributed by atoms with E-state index in [-0.39, 0.29) is 17.2 Å². The maximum Gasteiger partial charge on any atom is 0.291 e. The van der Waals surface area contributed by atoms with Crippen LogP contribution >= 0.6 is 15.9 Å². The van der Waals surface area contributed by atoms with Crippen LogP contribution in [0.15, 0.2) is 73.2 Å². The molecule has 0 fully saturated rings. The molecule has 25 heavy (non-hydrogen) atoms. The summed E-state index contributed by atoms with van der Waals surface area (Å²) >= 11 is 3.12. The minimum atomic E-state index is -3.75. The lowest BCUT2D eigenvalue weighted by molar-refractivity contribution is 0.0995. The van der Waals surface area contributed by atoms with Crippen molar-refractivity contribution in [1.29, 1.82) is 0 Å². The van der Waals surface area contributed by atoms with Crippen LogP contribution in [0.2, 0.25) is 0 Å². The number of rotatable bonds is 6. The Kier molecular flexibility index (Phi) is 5.07. The van der Waals surface area contributed by atoms with E-state index in [1.165, 1.54) is 30.5 Å². The van der Waals surface area contributed by atoms with Crippen molar-refractivity contribution in [3.8, 4) is 0 Å². The number of furan rings is 2. The van der Waals surface area contributed by atoms with E-state index in [4.69, 9.17) is 8.83 Å². The van der Waals surface area contributed by atoms with Gasteiger partial charge in [-0.2, -0.15) is 0 Å². The molecule has 0 aliphatic heterocycles. The molecule has 9 heteroatoms. The highest BCUT2D eigenvalue weighted by Crippen LogP contribution is 2.19. The fourth-order valence-corrected chi connectivity index (χ4v) is 3.38. The molecule has 1 amide bonds. The molecule has 0 unspecified atom stereocenters. The Hall–Kier alpha value is -2.36. The summed E-state index contributed by atoms with van der Waals surface area (Å²) in [5.41, 5.74) is 0.332. The number of amides is 1. The third-order valence-electron chi connectivity index (χ3n) is 3.22. The summed E-state index contributed by atoms with van der Waals surface area (Å²) in [7, 11) is -3.75. The summed E-state index contributed by atoms with van der Waals surface area (Å²) in [5.74, 6) is 0.122. The van der Waals surface area contributed by atoms with E-state index < -0.39 is 15.9 Å². The molecule has 2 N–H and O–H groups in total. The van der Waals surface area contributed by atoms with Crippen LogP contribution in [0.4, 0.5) is 5.69 Å². The molecule has 0 atom stereocenters. The smallest absolute Gasteiger partial charge is 0.291 e. The third kappa shape index (κ3) is 4.38. The fourth-order valence-electron chi connectivity index (χ4n) is 2.03. The zero-order valence-electron chi connectivity index (χ0n) is 12.7. The number of nitrogens with one attached hydrogen (secondary N) is 2. The van der Waals surface area contributed by atoms with E-state index in [0.717, 1.165) is 0 Å². The van der Waals surface area contributed by atoms with Crippen LogP contribution in [0.5, 0.6) is 0 Å². The van der Waals surface area contributed by atoms with Crippen molar-refractivity contribution in [2.45, 2.75) is 11.4 Å². The predicted octanol–water partition coefficient (Wildman–Crippen LogP) is 3.37. The van der Waals surface area contributed by atoms with E-state index in [9.17, 15) is 13.2 Å². The first-order valence-electron chi connectivity index (χ1n) is 7.13. The molecule has 0 radical (unpaired) electrons. The van der Waals surface area contributed by atoms with Gasteiger partial charge < -0.3 is 14.2 Å². The quantitative estimate of drug-likeness (QED) is 0.631. The average molecular weight is 425 g/mol. The number of hydrogen-bond donors (Lipinski definition) is 2. The van der Waals surface area contributed by atoms with Crippen molar-refractivity contribution in [2.24, 2.45) is 0 Å². The standard InChI is InChI=1S/C16H13BrN2O5S/c17-15-7-6-14(24-15)16(20)19-11-3-1-5-13(9-11)25(21,22)18-10-12-4-2-8-23-12/h1-9,18H,10H2,(H,19,20). The van der Waals surface area contributed by atoms with Crippen molar-refractivity contribution in [3.63, 3.8) is 0 Å². The van der Waals surface area contributed by atoms with Gasteiger partial charge in [-0.1, -0.05) is 6.07 Å². The summed E-state index contributed by atoms with van der Waals surface area (Å²) in [6.45, 7) is 0.0341. The number of carbonyl (C=O) groups is 1. The minimum absolute atomic E-state index is 0.0254. The van der Waals surface area contributed by atoms with E-state index in [1.807, 2.05) is 0 Å². The monoisotopic (exact) mass is 424 g/mol. The minimum Gasteiger partial charge on any atom is -0.468 e. The van der Waals surface area contributed by atoms with Crippen molar-refractivity contribution in [3.05, 3.63) is 71.0 Å². The number of carbonyl (C=O) groups excluding carboxylic acids is 1. The first-order chi connectivity index (χ1) is 11.9. The van der Waals surface area contributed by atoms with Gasteiger partial charge in [-0.15, -0.1) is 0 Å². The van der Waals surface area contributed by atoms with Crippen molar-refractivity contribution < 1.29 is 22.0 Å². The highest BCUT2D eigenvalue weighted by Gasteiger charge is 2.16. The van der Waals surface area contributed by atoms with Gasteiger partial charge in [-0.3, -0.25) is 4.79 Å². The molecule has 3 aromatic rings. The van der Waals surface area contributed by atoms with Crippen LogP contribution in [0.3, 0.4) is 0 Å². The van der Waals surface area contributed by atoms with Crippen LogP contribution in [0, 0.1) is 0 Å². The maximum atomic E-state index is 12.3. The Bertz CT molecular complexity index is 980. The van der Waals surface area contributed by atoms with Crippen LogP contribution in [0.1, 0.15) is 16.3 Å². The van der Waals surface area contributed by atoms with E-state index in [1.54, 1.807) is 24.3 Å². The first kappa shape index (κ1) is 17.5. The SMILES string of the molecule is O=C(Nc1cccc(S(=O)(=O)NCc2ccco2)c1)c1ccc(Br)o1. The molecule has 2 aromatic heterocycles. The van der Waals surface area contributed by atoms with Gasteiger partial charge in [0.15, 0.2) is 10.4 Å². The average Bonchev–Trinajstić information content (AvgIpc) is 3.25. The van der Waals surface area contributed by atoms with E-state index >= 15 is 0 Å². The van der Waals surface area contributed by atoms with Gasteiger partial charge in [0.25, 0.3) is 5.91 Å². The number of benzene rings is 1. The molecule has 130 valence electrons. The van der Waals surface area contributed by atoms with Gasteiger partial charge in [0, 0.05) is 5.69 Å². The number of halogens is 1. The van der Waals surface area contributed by atoms with E-state index in [0.29, 0.717) is 16.1 Å². The Morgan fingerprint density at radius 2 is 1.96 bits per heavy atom. The highest BCUT2D eigenvalue weighted by molar-refractivity contribution is 9.10. The summed E-state index contributed by atoms with van der Waals surface area (Å²) in [5, 5.41) is 2.59. The predicted molar refractivity (Wildman–Crippen MR) is 93.5 cm³/mol. The molecular weight excluding hydrogens is 412 g/mol. The Labute approximate surface area is 152 Å². The second kappa shape index (κ2) is 7.26. The van der Waals surface area contributed by atoms with Crippen LogP contribution < -0.4 is 10.0 Å². The lowest BCUT2D eigenvalue weighted by Crippen LogP contribution is -2.23. The van der Waals surface area contributed by atoms with Crippen LogP contribution in [-0.2, 0) is 16.6 Å². The van der Waals surface area contributed by atoms with E-state index in [2.05, 4.69) is 26.0 Å². The zero-order chi connectivity index (χ0) is 17.9. The van der Waals surface area contributed by atoms with Crippen LogP contribution in [0.25, 0.3) is 0 Å². The van der Waals surface area contributed by atoms with Crippen molar-refractivity contribution in [2.75, 3.05) is 5.32 Å². The molecule has 0 saturated heterocycles. The summed E-state index contributed by atoms with van der Waals surface area (Å²) in [4.78, 5) is 12.1. The third-order valence-corrected chi connectivity index (χ3v) is 5.04. The summed E-state index contributed by atoms with van der Waals surface area (Å²) in [6, 6.07) is 12.4. The van der Waals surface area contributed by atoms with Gasteiger partial charge in [-0.05, 0) is 58.4 Å². The molecule has 7 nitrogen and oxygen atoms in total. The second-order valence-electron chi connectivity index (χ2n) is 4.99. The second-order valence-corrected chi connectivity index (χ2v) is 7.54. The van der Waals surface area contributed by atoms with Crippen molar-refractivity contribution in [1.82, 2.24) is 4.72 Å². The van der Waals surface area contributed by atoms with Gasteiger partial charge in [0.1, 0.15) is 5.76 Å². The normalized spacial score (nSPS) is 11.4. The molecule has 0 bridgehead atoms. The molecule has 3 rings (SSSR count). The zero-order valence-corrected chi connectivity index (χ0v) is 15.1. The van der Waals surface area contributed by atoms with Gasteiger partial charge in [-0.25, -0.2) is 13.1 Å². The largest absolute Gasteiger partial charge is 0.468 e.